The van der Waals surface area contributed by atoms with Gasteiger partial charge in [-0.3, -0.25) is 14.6 Å². The molecule has 9 nitrogen and oxygen atoms in total. The van der Waals surface area contributed by atoms with Crippen molar-refractivity contribution in [2.75, 3.05) is 64.4 Å². The van der Waals surface area contributed by atoms with E-state index in [0.717, 1.165) is 49.7 Å². The molecule has 0 aliphatic carbocycles. The van der Waals surface area contributed by atoms with Crippen molar-refractivity contribution in [1.82, 2.24) is 15.1 Å². The minimum absolute atomic E-state index is 0. The molecule has 1 aromatic rings. The first-order chi connectivity index (χ1) is 15.2. The number of piperazine rings is 1. The number of guanidine groups is 1. The molecule has 3 aliphatic heterocycles. The molecule has 4 rings (SSSR count). The molecule has 2 amide bonds. The number of hydrogen-bond donors (Lipinski definition) is 1. The molecule has 0 radical (unpaired) electrons. The normalized spacial score (nSPS) is 21.0. The Balaban J connectivity index is 0.00000289. The molecule has 176 valence electrons. The predicted octanol–water partition coefficient (Wildman–Crippen LogP) is 1.32. The quantitative estimate of drug-likeness (QED) is 0.255. The summed E-state index contributed by atoms with van der Waals surface area (Å²) in [6, 6.07) is 7.62. The molecule has 0 saturated carbocycles. The summed E-state index contributed by atoms with van der Waals surface area (Å²) in [5.41, 5.74) is 0.829. The van der Waals surface area contributed by atoms with Crippen molar-refractivity contribution < 1.29 is 19.1 Å². The highest BCUT2D eigenvalue weighted by Gasteiger charge is 2.31. The summed E-state index contributed by atoms with van der Waals surface area (Å²) in [5.74, 6) is 1.69. The van der Waals surface area contributed by atoms with E-state index in [-0.39, 0.29) is 48.5 Å². The van der Waals surface area contributed by atoms with Crippen molar-refractivity contribution in [2.24, 2.45) is 4.99 Å². The highest BCUT2D eigenvalue weighted by Crippen LogP contribution is 2.31. The molecular formula is C22H32IN5O4. The number of hydrogen-bond acceptors (Lipinski definition) is 5. The summed E-state index contributed by atoms with van der Waals surface area (Å²) in [7, 11) is 1.77. The molecule has 1 atom stereocenters. The highest BCUT2D eigenvalue weighted by atomic mass is 127. The molecule has 1 N–H and O–H groups in total. The Labute approximate surface area is 206 Å². The molecule has 3 heterocycles. The number of amides is 2. The Morgan fingerprint density at radius 3 is 2.66 bits per heavy atom. The van der Waals surface area contributed by atoms with Crippen molar-refractivity contribution in [3.63, 3.8) is 0 Å². The van der Waals surface area contributed by atoms with Crippen molar-refractivity contribution in [2.45, 2.75) is 25.4 Å². The summed E-state index contributed by atoms with van der Waals surface area (Å²) in [5, 5.41) is 3.40. The van der Waals surface area contributed by atoms with Crippen LogP contribution in [0, 0.1) is 0 Å². The number of para-hydroxylation sites is 2. The number of anilines is 1. The van der Waals surface area contributed by atoms with Crippen molar-refractivity contribution in [3.05, 3.63) is 24.3 Å². The Kier molecular flexibility index (Phi) is 8.97. The number of carbonyl (C=O) groups excluding carboxylic acids is 2. The fraction of sp³-hybridized carbons (Fsp3) is 0.591. The fourth-order valence-corrected chi connectivity index (χ4v) is 4.28. The Bertz CT molecular complexity index is 822. The number of fused-ring (bicyclic) bond motifs is 1. The fourth-order valence-electron chi connectivity index (χ4n) is 4.28. The third kappa shape index (κ3) is 5.64. The lowest BCUT2D eigenvalue weighted by atomic mass is 10.2. The molecule has 2 saturated heterocycles. The van der Waals surface area contributed by atoms with Gasteiger partial charge in [-0.05, 0) is 31.4 Å². The van der Waals surface area contributed by atoms with Gasteiger partial charge in [-0.2, -0.15) is 0 Å². The van der Waals surface area contributed by atoms with Crippen LogP contribution in [0.15, 0.2) is 29.3 Å². The smallest absolute Gasteiger partial charge is 0.265 e. The monoisotopic (exact) mass is 557 g/mol. The third-order valence-electron chi connectivity index (χ3n) is 5.96. The van der Waals surface area contributed by atoms with Crippen molar-refractivity contribution >= 4 is 47.4 Å². The number of nitrogens with one attached hydrogen (secondary N) is 1. The zero-order valence-corrected chi connectivity index (χ0v) is 20.8. The van der Waals surface area contributed by atoms with Gasteiger partial charge in [-0.1, -0.05) is 12.1 Å². The van der Waals surface area contributed by atoms with Crippen LogP contribution in [-0.2, 0) is 14.3 Å². The van der Waals surface area contributed by atoms with Crippen LogP contribution in [0.4, 0.5) is 5.69 Å². The van der Waals surface area contributed by atoms with Gasteiger partial charge in [0.1, 0.15) is 11.9 Å². The molecule has 32 heavy (non-hydrogen) atoms. The Hall–Kier alpha value is -2.08. The van der Waals surface area contributed by atoms with Gasteiger partial charge in [-0.15, -0.1) is 24.0 Å². The van der Waals surface area contributed by atoms with Gasteiger partial charge in [0.15, 0.2) is 12.6 Å². The average molecular weight is 557 g/mol. The van der Waals surface area contributed by atoms with E-state index < -0.39 is 0 Å². The van der Waals surface area contributed by atoms with E-state index in [1.54, 1.807) is 11.9 Å². The van der Waals surface area contributed by atoms with Gasteiger partial charge in [0.2, 0.25) is 0 Å². The zero-order chi connectivity index (χ0) is 21.6. The summed E-state index contributed by atoms with van der Waals surface area (Å²) in [4.78, 5) is 35.1. The molecule has 3 aliphatic rings. The first-order valence-corrected chi connectivity index (χ1v) is 11.1. The van der Waals surface area contributed by atoms with Gasteiger partial charge in [0.05, 0.1) is 5.69 Å². The maximum atomic E-state index is 12.5. The summed E-state index contributed by atoms with van der Waals surface area (Å²) < 4.78 is 11.0. The maximum Gasteiger partial charge on any atom is 0.265 e. The SMILES string of the molecule is CN=C(NCCCN1C(=O)COc2ccccc21)N1CCN(C(=O)C2CCCO2)CC1.I. The lowest BCUT2D eigenvalue weighted by Gasteiger charge is -2.37. The third-order valence-corrected chi connectivity index (χ3v) is 5.96. The van der Waals surface area contributed by atoms with Crippen LogP contribution in [-0.4, -0.2) is 93.2 Å². The topological polar surface area (TPSA) is 86.7 Å². The largest absolute Gasteiger partial charge is 0.482 e. The molecule has 0 aromatic heterocycles. The van der Waals surface area contributed by atoms with E-state index in [9.17, 15) is 9.59 Å². The van der Waals surface area contributed by atoms with Gasteiger partial charge in [0, 0.05) is 52.9 Å². The molecule has 10 heteroatoms. The van der Waals surface area contributed by atoms with Crippen LogP contribution >= 0.6 is 24.0 Å². The second kappa shape index (κ2) is 11.7. The van der Waals surface area contributed by atoms with E-state index in [1.165, 1.54) is 0 Å². The van der Waals surface area contributed by atoms with Crippen LogP contribution in [0.5, 0.6) is 5.75 Å². The number of halogens is 1. The minimum Gasteiger partial charge on any atom is -0.482 e. The van der Waals surface area contributed by atoms with Crippen LogP contribution in [0.1, 0.15) is 19.3 Å². The Morgan fingerprint density at radius 2 is 1.94 bits per heavy atom. The number of carbonyl (C=O) groups is 2. The summed E-state index contributed by atoms with van der Waals surface area (Å²) in [6.07, 6.45) is 2.33. The van der Waals surface area contributed by atoms with Crippen LogP contribution < -0.4 is 15.0 Å². The van der Waals surface area contributed by atoms with E-state index >= 15 is 0 Å². The van der Waals surface area contributed by atoms with Crippen LogP contribution in [0.25, 0.3) is 0 Å². The lowest BCUT2D eigenvalue weighted by Crippen LogP contribution is -2.55. The first kappa shape index (κ1) is 24.6. The molecule has 2 fully saturated rings. The maximum absolute atomic E-state index is 12.5. The van der Waals surface area contributed by atoms with E-state index in [0.29, 0.717) is 32.8 Å². The lowest BCUT2D eigenvalue weighted by molar-refractivity contribution is -0.142. The van der Waals surface area contributed by atoms with E-state index in [2.05, 4.69) is 15.2 Å². The minimum atomic E-state index is -0.253. The van der Waals surface area contributed by atoms with Gasteiger partial charge in [-0.25, -0.2) is 0 Å². The second-order valence-corrected chi connectivity index (χ2v) is 7.94. The first-order valence-electron chi connectivity index (χ1n) is 11.1. The molecule has 0 bridgehead atoms. The number of benzene rings is 1. The zero-order valence-electron chi connectivity index (χ0n) is 18.5. The standard InChI is InChI=1S/C22H31N5O4.HI/c1-23-22(26-13-11-25(12-14-26)21(29)19-8-4-15-30-19)24-9-5-10-27-17-6-2-3-7-18(17)31-16-20(27)28;/h2-3,6-7,19H,4-5,8-16H2,1H3,(H,23,24);1H. The van der Waals surface area contributed by atoms with Crippen LogP contribution in [0.2, 0.25) is 0 Å². The second-order valence-electron chi connectivity index (χ2n) is 7.94. The van der Waals surface area contributed by atoms with Gasteiger partial charge >= 0.3 is 0 Å². The Morgan fingerprint density at radius 1 is 1.19 bits per heavy atom. The molecule has 1 unspecified atom stereocenters. The number of ether oxygens (including phenoxy) is 2. The summed E-state index contributed by atoms with van der Waals surface area (Å²) >= 11 is 0. The number of aliphatic imine (C=N–C) groups is 1. The number of nitrogens with zero attached hydrogens (tertiary/aromatic N) is 4. The van der Waals surface area contributed by atoms with Gasteiger partial charge in [0.25, 0.3) is 11.8 Å². The van der Waals surface area contributed by atoms with Crippen molar-refractivity contribution in [1.29, 1.82) is 0 Å². The van der Waals surface area contributed by atoms with E-state index in [4.69, 9.17) is 9.47 Å². The van der Waals surface area contributed by atoms with Gasteiger partial charge < -0.3 is 29.5 Å². The number of rotatable bonds is 5. The molecule has 1 aromatic carbocycles. The predicted molar refractivity (Wildman–Crippen MR) is 133 cm³/mol. The highest BCUT2D eigenvalue weighted by molar-refractivity contribution is 14.0. The van der Waals surface area contributed by atoms with Crippen molar-refractivity contribution in [3.8, 4) is 5.75 Å². The summed E-state index contributed by atoms with van der Waals surface area (Å²) in [6.45, 7) is 4.94. The van der Waals surface area contributed by atoms with Crippen LogP contribution in [0.3, 0.4) is 0 Å². The molecular weight excluding hydrogens is 525 g/mol. The molecule has 0 spiro atoms. The van der Waals surface area contributed by atoms with E-state index in [1.807, 2.05) is 29.2 Å². The average Bonchev–Trinajstić information content (AvgIpc) is 3.35.